The number of nitrogens with one attached hydrogen (secondary N) is 1. The molecule has 142 valence electrons. The summed E-state index contributed by atoms with van der Waals surface area (Å²) < 4.78 is 24.1. The fraction of sp³-hybridized carbons (Fsp3) is 0.579. The Kier molecular flexibility index (Phi) is 4.82. The number of alkyl carbamates (subject to hydrolysis) is 1. The van der Waals surface area contributed by atoms with E-state index in [0.717, 1.165) is 5.56 Å². The zero-order chi connectivity index (χ0) is 18.9. The molecule has 1 atom stereocenters. The predicted octanol–water partition coefficient (Wildman–Crippen LogP) is 3.25. The SMILES string of the molecule is CC(C)(C)OC(=O)N1CCC2(CC1)OC(=O)NC2Cc1ccc(F)cc1. The van der Waals surface area contributed by atoms with E-state index < -0.39 is 17.3 Å². The Bertz CT molecular complexity index is 676. The first-order valence-electron chi connectivity index (χ1n) is 8.89. The Morgan fingerprint density at radius 1 is 1.31 bits per heavy atom. The van der Waals surface area contributed by atoms with Crippen LogP contribution in [0.25, 0.3) is 0 Å². The molecule has 1 spiro atoms. The van der Waals surface area contributed by atoms with E-state index in [-0.39, 0.29) is 18.0 Å². The Labute approximate surface area is 152 Å². The second-order valence-corrected chi connectivity index (χ2v) is 7.95. The van der Waals surface area contributed by atoms with Crippen molar-refractivity contribution >= 4 is 12.2 Å². The van der Waals surface area contributed by atoms with Crippen molar-refractivity contribution in [1.82, 2.24) is 10.2 Å². The summed E-state index contributed by atoms with van der Waals surface area (Å²) in [4.78, 5) is 25.8. The van der Waals surface area contributed by atoms with Crippen LogP contribution in [-0.4, -0.2) is 47.4 Å². The summed E-state index contributed by atoms with van der Waals surface area (Å²) in [5.74, 6) is -0.291. The van der Waals surface area contributed by atoms with Crippen LogP contribution in [0.4, 0.5) is 14.0 Å². The van der Waals surface area contributed by atoms with Gasteiger partial charge in [0.15, 0.2) is 0 Å². The molecular weight excluding hydrogens is 339 g/mol. The topological polar surface area (TPSA) is 67.9 Å². The average molecular weight is 364 g/mol. The minimum Gasteiger partial charge on any atom is -0.444 e. The molecule has 2 fully saturated rings. The lowest BCUT2D eigenvalue weighted by atomic mass is 9.82. The number of nitrogens with zero attached hydrogens (tertiary/aromatic N) is 1. The summed E-state index contributed by atoms with van der Waals surface area (Å²) in [6.07, 6.45) is 0.842. The second-order valence-electron chi connectivity index (χ2n) is 7.95. The third kappa shape index (κ3) is 4.08. The largest absolute Gasteiger partial charge is 0.444 e. The van der Waals surface area contributed by atoms with Gasteiger partial charge in [0, 0.05) is 25.9 Å². The molecule has 2 aliphatic heterocycles. The molecule has 0 aliphatic carbocycles. The molecule has 1 N–H and O–H groups in total. The first-order valence-corrected chi connectivity index (χ1v) is 8.89. The van der Waals surface area contributed by atoms with Crippen LogP contribution in [0.2, 0.25) is 0 Å². The lowest BCUT2D eigenvalue weighted by molar-refractivity contribution is -0.0294. The third-order valence-corrected chi connectivity index (χ3v) is 4.84. The number of halogens is 1. The molecule has 2 aliphatic rings. The molecule has 26 heavy (non-hydrogen) atoms. The summed E-state index contributed by atoms with van der Waals surface area (Å²) in [5.41, 5.74) is -0.265. The maximum atomic E-state index is 13.1. The lowest BCUT2D eigenvalue weighted by Crippen LogP contribution is -2.54. The van der Waals surface area contributed by atoms with Crippen molar-refractivity contribution in [1.29, 1.82) is 0 Å². The molecule has 0 radical (unpaired) electrons. The van der Waals surface area contributed by atoms with E-state index in [0.29, 0.717) is 32.4 Å². The van der Waals surface area contributed by atoms with Crippen LogP contribution in [-0.2, 0) is 15.9 Å². The highest BCUT2D eigenvalue weighted by Gasteiger charge is 2.51. The lowest BCUT2D eigenvalue weighted by Gasteiger charge is -2.40. The number of carbonyl (C=O) groups excluding carboxylic acids is 2. The van der Waals surface area contributed by atoms with E-state index in [4.69, 9.17) is 9.47 Å². The number of benzene rings is 1. The van der Waals surface area contributed by atoms with E-state index >= 15 is 0 Å². The zero-order valence-electron chi connectivity index (χ0n) is 15.4. The van der Waals surface area contributed by atoms with Crippen LogP contribution in [0.3, 0.4) is 0 Å². The van der Waals surface area contributed by atoms with Crippen molar-refractivity contribution in [2.24, 2.45) is 0 Å². The molecule has 2 saturated heterocycles. The zero-order valence-corrected chi connectivity index (χ0v) is 15.4. The molecule has 1 aromatic carbocycles. The number of piperidine rings is 1. The highest BCUT2D eigenvalue weighted by molar-refractivity contribution is 5.72. The fourth-order valence-electron chi connectivity index (χ4n) is 3.50. The molecule has 1 unspecified atom stereocenters. The van der Waals surface area contributed by atoms with E-state index in [1.165, 1.54) is 12.1 Å². The number of carbonyl (C=O) groups is 2. The van der Waals surface area contributed by atoms with Gasteiger partial charge in [0.1, 0.15) is 17.0 Å². The van der Waals surface area contributed by atoms with Crippen molar-refractivity contribution in [3.8, 4) is 0 Å². The van der Waals surface area contributed by atoms with E-state index in [1.54, 1.807) is 17.0 Å². The van der Waals surface area contributed by atoms with Gasteiger partial charge in [-0.25, -0.2) is 14.0 Å². The summed E-state index contributed by atoms with van der Waals surface area (Å²) in [5, 5.41) is 2.87. The Balaban J connectivity index is 1.66. The minimum atomic E-state index is -0.649. The van der Waals surface area contributed by atoms with Gasteiger partial charge in [-0.05, 0) is 44.9 Å². The monoisotopic (exact) mass is 364 g/mol. The molecule has 2 heterocycles. The number of rotatable bonds is 2. The van der Waals surface area contributed by atoms with Crippen molar-refractivity contribution in [2.45, 2.75) is 57.3 Å². The highest BCUT2D eigenvalue weighted by Crippen LogP contribution is 2.36. The molecule has 1 aromatic rings. The van der Waals surface area contributed by atoms with Crippen LogP contribution in [0.5, 0.6) is 0 Å². The molecular formula is C19H25FN2O4. The molecule has 0 bridgehead atoms. The molecule has 0 saturated carbocycles. The van der Waals surface area contributed by atoms with E-state index in [1.807, 2.05) is 20.8 Å². The van der Waals surface area contributed by atoms with Crippen molar-refractivity contribution in [3.05, 3.63) is 35.6 Å². The predicted molar refractivity (Wildman–Crippen MR) is 93.3 cm³/mol. The van der Waals surface area contributed by atoms with Crippen LogP contribution in [0.1, 0.15) is 39.2 Å². The first kappa shape index (κ1) is 18.5. The number of likely N-dealkylation sites (tertiary alicyclic amines) is 1. The Morgan fingerprint density at radius 2 is 1.92 bits per heavy atom. The van der Waals surface area contributed by atoms with Gasteiger partial charge in [-0.3, -0.25) is 0 Å². The van der Waals surface area contributed by atoms with Gasteiger partial charge in [-0.2, -0.15) is 0 Å². The van der Waals surface area contributed by atoms with Gasteiger partial charge in [0.05, 0.1) is 6.04 Å². The molecule has 3 rings (SSSR count). The molecule has 7 heteroatoms. The van der Waals surface area contributed by atoms with Gasteiger partial charge >= 0.3 is 12.2 Å². The van der Waals surface area contributed by atoms with E-state index in [2.05, 4.69) is 5.32 Å². The fourth-order valence-corrected chi connectivity index (χ4v) is 3.50. The smallest absolute Gasteiger partial charge is 0.410 e. The van der Waals surface area contributed by atoms with Crippen LogP contribution >= 0.6 is 0 Å². The number of hydrogen-bond donors (Lipinski definition) is 1. The first-order chi connectivity index (χ1) is 12.2. The molecule has 2 amide bonds. The maximum Gasteiger partial charge on any atom is 0.410 e. The van der Waals surface area contributed by atoms with Crippen LogP contribution < -0.4 is 5.32 Å². The summed E-state index contributed by atoms with van der Waals surface area (Å²) in [6, 6.07) is 6.03. The Morgan fingerprint density at radius 3 is 2.50 bits per heavy atom. The third-order valence-electron chi connectivity index (χ3n) is 4.84. The number of ether oxygens (including phenoxy) is 2. The molecule has 0 aromatic heterocycles. The average Bonchev–Trinajstić information content (AvgIpc) is 2.83. The molecule has 6 nitrogen and oxygen atoms in total. The van der Waals surface area contributed by atoms with Gasteiger partial charge in [-0.1, -0.05) is 12.1 Å². The normalized spacial score (nSPS) is 22.1. The van der Waals surface area contributed by atoms with Gasteiger partial charge in [0.2, 0.25) is 0 Å². The van der Waals surface area contributed by atoms with E-state index in [9.17, 15) is 14.0 Å². The summed E-state index contributed by atoms with van der Waals surface area (Å²) in [6.45, 7) is 6.42. The highest BCUT2D eigenvalue weighted by atomic mass is 19.1. The summed E-state index contributed by atoms with van der Waals surface area (Å²) in [7, 11) is 0. The minimum absolute atomic E-state index is 0.207. The van der Waals surface area contributed by atoms with Crippen molar-refractivity contribution < 1.29 is 23.5 Å². The number of amides is 2. The summed E-state index contributed by atoms with van der Waals surface area (Å²) >= 11 is 0. The van der Waals surface area contributed by atoms with Crippen LogP contribution in [0.15, 0.2) is 24.3 Å². The van der Waals surface area contributed by atoms with Gasteiger partial charge < -0.3 is 19.7 Å². The van der Waals surface area contributed by atoms with Crippen molar-refractivity contribution in [2.75, 3.05) is 13.1 Å². The second kappa shape index (κ2) is 6.78. The van der Waals surface area contributed by atoms with Crippen LogP contribution in [0, 0.1) is 5.82 Å². The van der Waals surface area contributed by atoms with Gasteiger partial charge in [0.25, 0.3) is 0 Å². The van der Waals surface area contributed by atoms with Crippen molar-refractivity contribution in [3.63, 3.8) is 0 Å². The van der Waals surface area contributed by atoms with Gasteiger partial charge in [-0.15, -0.1) is 0 Å². The Hall–Kier alpha value is -2.31. The standard InChI is InChI=1S/C19H25FN2O4/c1-18(2,3)26-17(24)22-10-8-19(9-11-22)15(21-16(23)25-19)12-13-4-6-14(20)7-5-13/h4-7,15H,8-12H2,1-3H3,(H,21,23). The maximum absolute atomic E-state index is 13.1. The quantitative estimate of drug-likeness (QED) is 0.875. The number of hydrogen-bond acceptors (Lipinski definition) is 4.